The number of hydrogen-bond acceptors (Lipinski definition) is 1. The van der Waals surface area contributed by atoms with Gasteiger partial charge in [0.1, 0.15) is 5.60 Å². The summed E-state index contributed by atoms with van der Waals surface area (Å²) in [4.78, 5) is 0. The second-order valence-electron chi connectivity index (χ2n) is 3.38. The van der Waals surface area contributed by atoms with Crippen LogP contribution in [0.25, 0.3) is 0 Å². The molecule has 0 bridgehead atoms. The van der Waals surface area contributed by atoms with Crippen LogP contribution in [0.4, 0.5) is 0 Å². The van der Waals surface area contributed by atoms with Crippen LogP contribution in [0.2, 0.25) is 0 Å². The summed E-state index contributed by atoms with van der Waals surface area (Å²) < 4.78 is 5.54. The molecule has 0 atom stereocenters. The van der Waals surface area contributed by atoms with Gasteiger partial charge in [0.2, 0.25) is 0 Å². The van der Waals surface area contributed by atoms with Gasteiger partial charge in [0, 0.05) is 6.42 Å². The second kappa shape index (κ2) is 1.76. The van der Waals surface area contributed by atoms with Gasteiger partial charge in [-0.15, -0.1) is 0 Å². The van der Waals surface area contributed by atoms with E-state index in [9.17, 15) is 0 Å². The zero-order valence-corrected chi connectivity index (χ0v) is 6.62. The molecule has 1 aliphatic heterocycles. The van der Waals surface area contributed by atoms with Crippen molar-refractivity contribution in [1.82, 2.24) is 0 Å². The molecule has 0 spiro atoms. The summed E-state index contributed by atoms with van der Waals surface area (Å²) in [6, 6.07) is 0. The third-order valence-electron chi connectivity index (χ3n) is 1.72. The van der Waals surface area contributed by atoms with Crippen molar-refractivity contribution in [1.29, 1.82) is 0 Å². The van der Waals surface area contributed by atoms with Crippen molar-refractivity contribution in [2.24, 2.45) is 0 Å². The minimum Gasteiger partial charge on any atom is -0.492 e. The lowest BCUT2D eigenvalue weighted by molar-refractivity contribution is 0.0625. The average molecular weight is 126 g/mol. The van der Waals surface area contributed by atoms with Gasteiger partial charge >= 0.3 is 0 Å². The molecular formula is C8H14O. The maximum atomic E-state index is 5.54. The molecule has 0 amide bonds. The molecule has 1 heterocycles. The molecule has 0 aromatic carbocycles. The standard InChI is InChI=1S/C8H14O/c1-6-5-8(3,4)9-7(6)2/h5H2,1-4H3. The number of allylic oxidation sites excluding steroid dienone is 1. The Morgan fingerprint density at radius 2 is 1.89 bits per heavy atom. The number of ether oxygens (including phenoxy) is 1. The predicted octanol–water partition coefficient (Wildman–Crippen LogP) is 2.48. The highest BCUT2D eigenvalue weighted by Crippen LogP contribution is 2.32. The van der Waals surface area contributed by atoms with Gasteiger partial charge in [0.25, 0.3) is 0 Å². The third-order valence-corrected chi connectivity index (χ3v) is 1.72. The van der Waals surface area contributed by atoms with E-state index in [1.54, 1.807) is 0 Å². The second-order valence-corrected chi connectivity index (χ2v) is 3.38. The van der Waals surface area contributed by atoms with Gasteiger partial charge in [-0.05, 0) is 33.3 Å². The van der Waals surface area contributed by atoms with Gasteiger partial charge in [-0.25, -0.2) is 0 Å². The Bertz CT molecular complexity index is 138. The van der Waals surface area contributed by atoms with Crippen LogP contribution in [0.15, 0.2) is 11.3 Å². The van der Waals surface area contributed by atoms with E-state index < -0.39 is 0 Å². The molecule has 0 saturated heterocycles. The molecule has 0 radical (unpaired) electrons. The van der Waals surface area contributed by atoms with E-state index in [2.05, 4.69) is 20.8 Å². The molecule has 0 aromatic heterocycles. The van der Waals surface area contributed by atoms with Gasteiger partial charge in [0.05, 0.1) is 5.76 Å². The van der Waals surface area contributed by atoms with Crippen molar-refractivity contribution >= 4 is 0 Å². The molecule has 1 rings (SSSR count). The molecule has 1 aliphatic rings. The van der Waals surface area contributed by atoms with Crippen LogP contribution in [0.5, 0.6) is 0 Å². The van der Waals surface area contributed by atoms with Gasteiger partial charge in [-0.2, -0.15) is 0 Å². The predicted molar refractivity (Wildman–Crippen MR) is 38.2 cm³/mol. The fourth-order valence-electron chi connectivity index (χ4n) is 1.30. The van der Waals surface area contributed by atoms with Crippen molar-refractivity contribution < 1.29 is 4.74 Å². The summed E-state index contributed by atoms with van der Waals surface area (Å²) in [6.07, 6.45) is 1.08. The lowest BCUT2D eigenvalue weighted by Crippen LogP contribution is -2.17. The van der Waals surface area contributed by atoms with Crippen LogP contribution in [-0.2, 0) is 4.74 Å². The van der Waals surface area contributed by atoms with Gasteiger partial charge < -0.3 is 4.74 Å². The van der Waals surface area contributed by atoms with E-state index in [1.807, 2.05) is 6.92 Å². The molecule has 1 heteroatoms. The van der Waals surface area contributed by atoms with Crippen molar-refractivity contribution in [3.63, 3.8) is 0 Å². The van der Waals surface area contributed by atoms with Gasteiger partial charge in [0.15, 0.2) is 0 Å². The molecule has 0 fully saturated rings. The van der Waals surface area contributed by atoms with E-state index in [-0.39, 0.29) is 5.60 Å². The fourth-order valence-corrected chi connectivity index (χ4v) is 1.30. The maximum Gasteiger partial charge on any atom is 0.107 e. The highest BCUT2D eigenvalue weighted by atomic mass is 16.5. The monoisotopic (exact) mass is 126 g/mol. The molecule has 0 aromatic rings. The van der Waals surface area contributed by atoms with Crippen LogP contribution in [0, 0.1) is 0 Å². The fraction of sp³-hybridized carbons (Fsp3) is 0.750. The molecule has 0 saturated carbocycles. The first-order valence-electron chi connectivity index (χ1n) is 3.37. The van der Waals surface area contributed by atoms with Crippen LogP contribution in [0.3, 0.4) is 0 Å². The summed E-state index contributed by atoms with van der Waals surface area (Å²) in [5, 5.41) is 0. The summed E-state index contributed by atoms with van der Waals surface area (Å²) in [7, 11) is 0. The van der Waals surface area contributed by atoms with Crippen molar-refractivity contribution in [2.75, 3.05) is 0 Å². The molecular weight excluding hydrogens is 112 g/mol. The lowest BCUT2D eigenvalue weighted by Gasteiger charge is -2.18. The first-order valence-corrected chi connectivity index (χ1v) is 3.37. The van der Waals surface area contributed by atoms with E-state index in [1.165, 1.54) is 5.57 Å². The molecule has 0 unspecified atom stereocenters. The first-order chi connectivity index (χ1) is 4.01. The van der Waals surface area contributed by atoms with E-state index in [0.29, 0.717) is 0 Å². The van der Waals surface area contributed by atoms with Crippen molar-refractivity contribution in [3.05, 3.63) is 11.3 Å². The van der Waals surface area contributed by atoms with Crippen LogP contribution in [0.1, 0.15) is 34.1 Å². The third kappa shape index (κ3) is 1.26. The smallest absolute Gasteiger partial charge is 0.107 e. The molecule has 0 N–H and O–H groups in total. The quantitative estimate of drug-likeness (QED) is 0.484. The minimum atomic E-state index is 0.0637. The maximum absolute atomic E-state index is 5.54. The summed E-state index contributed by atoms with van der Waals surface area (Å²) in [5.41, 5.74) is 1.45. The average Bonchev–Trinajstić information content (AvgIpc) is 1.79. The Morgan fingerprint density at radius 1 is 1.33 bits per heavy atom. The van der Waals surface area contributed by atoms with Crippen LogP contribution >= 0.6 is 0 Å². The molecule has 1 nitrogen and oxygen atoms in total. The Balaban J connectivity index is 2.70. The minimum absolute atomic E-state index is 0.0637. The van der Waals surface area contributed by atoms with E-state index in [4.69, 9.17) is 4.74 Å². The summed E-state index contributed by atoms with van der Waals surface area (Å²) in [6.45, 7) is 8.40. The Hall–Kier alpha value is -0.460. The molecule has 9 heavy (non-hydrogen) atoms. The van der Waals surface area contributed by atoms with Crippen molar-refractivity contribution in [2.45, 2.75) is 39.7 Å². The van der Waals surface area contributed by atoms with Gasteiger partial charge in [-0.1, -0.05) is 0 Å². The van der Waals surface area contributed by atoms with Crippen LogP contribution in [-0.4, -0.2) is 5.60 Å². The highest BCUT2D eigenvalue weighted by Gasteiger charge is 2.27. The first kappa shape index (κ1) is 6.66. The zero-order chi connectivity index (χ0) is 7.07. The van der Waals surface area contributed by atoms with E-state index >= 15 is 0 Å². The molecule has 52 valence electrons. The SMILES string of the molecule is CC1=C(C)OC(C)(C)C1. The Morgan fingerprint density at radius 3 is 2.00 bits per heavy atom. The van der Waals surface area contributed by atoms with E-state index in [0.717, 1.165) is 12.2 Å². The normalized spacial score (nSPS) is 24.4. The van der Waals surface area contributed by atoms with Crippen molar-refractivity contribution in [3.8, 4) is 0 Å². The summed E-state index contributed by atoms with van der Waals surface area (Å²) in [5.74, 6) is 1.11. The highest BCUT2D eigenvalue weighted by molar-refractivity contribution is 5.13. The molecule has 0 aliphatic carbocycles. The number of rotatable bonds is 0. The summed E-state index contributed by atoms with van der Waals surface area (Å²) >= 11 is 0. The van der Waals surface area contributed by atoms with Crippen LogP contribution < -0.4 is 0 Å². The Labute approximate surface area is 56.7 Å². The Kier molecular flexibility index (Phi) is 1.30. The largest absolute Gasteiger partial charge is 0.492 e. The topological polar surface area (TPSA) is 9.23 Å². The van der Waals surface area contributed by atoms with Gasteiger partial charge in [-0.3, -0.25) is 0 Å². The number of hydrogen-bond donors (Lipinski definition) is 0. The lowest BCUT2D eigenvalue weighted by atomic mass is 10.0. The zero-order valence-electron chi connectivity index (χ0n) is 6.62.